The van der Waals surface area contributed by atoms with Crippen LogP contribution >= 0.6 is 22.9 Å². The van der Waals surface area contributed by atoms with Gasteiger partial charge in [0.1, 0.15) is 0 Å². The lowest BCUT2D eigenvalue weighted by Crippen LogP contribution is -2.34. The van der Waals surface area contributed by atoms with Crippen LogP contribution in [0, 0.1) is 0 Å². The fraction of sp³-hybridized carbons (Fsp3) is 0.412. The third-order valence-corrected chi connectivity index (χ3v) is 5.41. The highest BCUT2D eigenvalue weighted by molar-refractivity contribution is 7.10. The van der Waals surface area contributed by atoms with Crippen LogP contribution < -0.4 is 10.6 Å². The number of nitrogens with zero attached hydrogens (tertiary/aromatic N) is 1. The highest BCUT2D eigenvalue weighted by Crippen LogP contribution is 2.38. The van der Waals surface area contributed by atoms with Crippen molar-refractivity contribution in [3.8, 4) is 0 Å². The third kappa shape index (κ3) is 2.96. The first-order valence-electron chi connectivity index (χ1n) is 7.43. The summed E-state index contributed by atoms with van der Waals surface area (Å²) in [4.78, 5) is 3.99. The van der Waals surface area contributed by atoms with Gasteiger partial charge in [-0.05, 0) is 61.4 Å². The van der Waals surface area contributed by atoms with Crippen LogP contribution in [0.5, 0.6) is 0 Å². The van der Waals surface area contributed by atoms with Crippen molar-refractivity contribution in [2.24, 2.45) is 5.73 Å². The zero-order valence-electron chi connectivity index (χ0n) is 12.5. The molecule has 2 heterocycles. The summed E-state index contributed by atoms with van der Waals surface area (Å²) in [5, 5.41) is 2.99. The number of halogens is 1. The summed E-state index contributed by atoms with van der Waals surface area (Å²) in [7, 11) is 0. The Labute approximate surface area is 135 Å². The van der Waals surface area contributed by atoms with Crippen LogP contribution in [0.15, 0.2) is 29.6 Å². The van der Waals surface area contributed by atoms with E-state index in [0.29, 0.717) is 6.04 Å². The molecule has 1 aliphatic rings. The van der Waals surface area contributed by atoms with Crippen LogP contribution in [0.1, 0.15) is 35.9 Å². The number of fused-ring (bicyclic) bond motifs is 1. The molecule has 112 valence electrons. The maximum Gasteiger partial charge on any atom is 0.0525 e. The van der Waals surface area contributed by atoms with E-state index in [0.717, 1.165) is 24.4 Å². The summed E-state index contributed by atoms with van der Waals surface area (Å²) >= 11 is 8.12. The quantitative estimate of drug-likeness (QED) is 0.907. The molecular weight excluding hydrogens is 300 g/mol. The standard InChI is InChI=1S/C17H21ClN2S/c1-11(19)9-13-3-4-14(18)10-16(13)20-7-5-17-15(12(20)2)6-8-21-17/h3-4,6,8,10-12H,5,7,9,19H2,1-2H3. The Kier molecular flexibility index (Phi) is 4.25. The molecule has 1 aromatic heterocycles. The molecule has 3 rings (SSSR count). The number of anilines is 1. The minimum Gasteiger partial charge on any atom is -0.364 e. The van der Waals surface area contributed by atoms with Crippen molar-refractivity contribution < 1.29 is 0 Å². The van der Waals surface area contributed by atoms with E-state index >= 15 is 0 Å². The second kappa shape index (κ2) is 5.99. The summed E-state index contributed by atoms with van der Waals surface area (Å²) in [6.45, 7) is 5.37. The normalized spacial score (nSPS) is 19.4. The van der Waals surface area contributed by atoms with E-state index in [9.17, 15) is 0 Å². The van der Waals surface area contributed by atoms with Gasteiger partial charge in [-0.15, -0.1) is 11.3 Å². The van der Waals surface area contributed by atoms with Gasteiger partial charge in [0.05, 0.1) is 6.04 Å². The van der Waals surface area contributed by atoms with Crippen LogP contribution in [0.2, 0.25) is 5.02 Å². The lowest BCUT2D eigenvalue weighted by Gasteiger charge is -2.37. The van der Waals surface area contributed by atoms with Gasteiger partial charge in [0.25, 0.3) is 0 Å². The average molecular weight is 321 g/mol. The molecular formula is C17H21ClN2S. The molecule has 0 aliphatic carbocycles. The molecule has 0 amide bonds. The smallest absolute Gasteiger partial charge is 0.0525 e. The predicted molar refractivity (Wildman–Crippen MR) is 92.6 cm³/mol. The lowest BCUT2D eigenvalue weighted by molar-refractivity contribution is 0.626. The number of nitrogens with two attached hydrogens (primary N) is 1. The Morgan fingerprint density at radius 3 is 3.00 bits per heavy atom. The topological polar surface area (TPSA) is 29.3 Å². The Bertz CT molecular complexity index is 635. The van der Waals surface area contributed by atoms with E-state index in [4.69, 9.17) is 17.3 Å². The van der Waals surface area contributed by atoms with E-state index in [-0.39, 0.29) is 6.04 Å². The molecule has 0 spiro atoms. The highest BCUT2D eigenvalue weighted by Gasteiger charge is 2.26. The molecule has 0 bridgehead atoms. The molecule has 2 N–H and O–H groups in total. The summed E-state index contributed by atoms with van der Waals surface area (Å²) in [6, 6.07) is 8.98. The Morgan fingerprint density at radius 1 is 1.43 bits per heavy atom. The minimum atomic E-state index is 0.154. The largest absolute Gasteiger partial charge is 0.364 e. The van der Waals surface area contributed by atoms with Crippen molar-refractivity contribution in [3.05, 3.63) is 50.7 Å². The van der Waals surface area contributed by atoms with Crippen molar-refractivity contribution in [3.63, 3.8) is 0 Å². The molecule has 2 atom stereocenters. The number of benzene rings is 1. The number of thiophene rings is 1. The molecule has 1 aromatic carbocycles. The first-order chi connectivity index (χ1) is 10.1. The van der Waals surface area contributed by atoms with Crippen LogP contribution in [-0.2, 0) is 12.8 Å². The van der Waals surface area contributed by atoms with E-state index < -0.39 is 0 Å². The lowest BCUT2D eigenvalue weighted by atomic mass is 9.97. The van der Waals surface area contributed by atoms with Crippen molar-refractivity contribution >= 4 is 28.6 Å². The zero-order valence-corrected chi connectivity index (χ0v) is 14.0. The fourth-order valence-corrected chi connectivity index (χ4v) is 4.29. The van der Waals surface area contributed by atoms with Gasteiger partial charge in [-0.2, -0.15) is 0 Å². The molecule has 0 saturated carbocycles. The second-order valence-electron chi connectivity index (χ2n) is 5.87. The maximum atomic E-state index is 6.24. The molecule has 2 aromatic rings. The molecule has 0 radical (unpaired) electrons. The number of hydrogen-bond donors (Lipinski definition) is 1. The Morgan fingerprint density at radius 2 is 2.24 bits per heavy atom. The maximum absolute atomic E-state index is 6.24. The van der Waals surface area contributed by atoms with Crippen molar-refractivity contribution in [1.29, 1.82) is 0 Å². The first kappa shape index (κ1) is 14.9. The first-order valence-corrected chi connectivity index (χ1v) is 8.69. The fourth-order valence-electron chi connectivity index (χ4n) is 3.16. The summed E-state index contributed by atoms with van der Waals surface area (Å²) in [6.07, 6.45) is 1.99. The van der Waals surface area contributed by atoms with Crippen LogP contribution in [0.3, 0.4) is 0 Å². The van der Waals surface area contributed by atoms with E-state index in [1.807, 2.05) is 17.4 Å². The van der Waals surface area contributed by atoms with Gasteiger partial charge in [0.2, 0.25) is 0 Å². The monoisotopic (exact) mass is 320 g/mol. The van der Waals surface area contributed by atoms with Crippen molar-refractivity contribution in [1.82, 2.24) is 0 Å². The van der Waals surface area contributed by atoms with Gasteiger partial charge in [-0.1, -0.05) is 17.7 Å². The van der Waals surface area contributed by atoms with Gasteiger partial charge < -0.3 is 10.6 Å². The molecule has 2 unspecified atom stereocenters. The SMILES string of the molecule is CC(N)Cc1ccc(Cl)cc1N1CCc2sccc2C1C. The van der Waals surface area contributed by atoms with E-state index in [2.05, 4.69) is 42.3 Å². The molecule has 0 fully saturated rings. The highest BCUT2D eigenvalue weighted by atomic mass is 35.5. The van der Waals surface area contributed by atoms with E-state index in [1.54, 1.807) is 0 Å². The van der Waals surface area contributed by atoms with E-state index in [1.165, 1.54) is 21.7 Å². The van der Waals surface area contributed by atoms with Gasteiger partial charge in [0, 0.05) is 28.2 Å². The van der Waals surface area contributed by atoms with Crippen LogP contribution in [0.4, 0.5) is 5.69 Å². The van der Waals surface area contributed by atoms with Gasteiger partial charge in [-0.25, -0.2) is 0 Å². The zero-order chi connectivity index (χ0) is 15.0. The third-order valence-electron chi connectivity index (χ3n) is 4.18. The number of hydrogen-bond acceptors (Lipinski definition) is 3. The summed E-state index contributed by atoms with van der Waals surface area (Å²) in [5.41, 5.74) is 9.99. The van der Waals surface area contributed by atoms with Gasteiger partial charge in [-0.3, -0.25) is 0 Å². The molecule has 4 heteroatoms. The summed E-state index contributed by atoms with van der Waals surface area (Å²) < 4.78 is 0. The Balaban J connectivity index is 1.98. The molecule has 2 nitrogen and oxygen atoms in total. The Hall–Kier alpha value is -1.03. The van der Waals surface area contributed by atoms with Crippen molar-refractivity contribution in [2.45, 2.75) is 38.8 Å². The van der Waals surface area contributed by atoms with Gasteiger partial charge >= 0.3 is 0 Å². The average Bonchev–Trinajstić information content (AvgIpc) is 2.90. The van der Waals surface area contributed by atoms with Crippen molar-refractivity contribution in [2.75, 3.05) is 11.4 Å². The number of rotatable bonds is 3. The minimum absolute atomic E-state index is 0.154. The van der Waals surface area contributed by atoms with Gasteiger partial charge in [0.15, 0.2) is 0 Å². The molecule has 21 heavy (non-hydrogen) atoms. The molecule has 1 aliphatic heterocycles. The van der Waals surface area contributed by atoms with Crippen LogP contribution in [0.25, 0.3) is 0 Å². The summed E-state index contributed by atoms with van der Waals surface area (Å²) in [5.74, 6) is 0. The molecule has 0 saturated heterocycles. The second-order valence-corrected chi connectivity index (χ2v) is 7.31. The van der Waals surface area contributed by atoms with Crippen LogP contribution in [-0.4, -0.2) is 12.6 Å². The predicted octanol–water partition coefficient (Wildman–Crippen LogP) is 4.41.